The van der Waals surface area contributed by atoms with Crippen molar-refractivity contribution in [2.24, 2.45) is 16.7 Å². The minimum Gasteiger partial charge on any atom is -0.347 e. The molecule has 264 valence electrons. The third-order valence-electron chi connectivity index (χ3n) is 9.22. The topological polar surface area (TPSA) is 199 Å². The fraction of sp³-hybridized carbons (Fsp3) is 0.676. The lowest BCUT2D eigenvalue weighted by molar-refractivity contribution is -0.146. The molecule has 48 heavy (non-hydrogen) atoms. The molecule has 4 rings (SSSR count). The SMILES string of the molecule is CCC[C@H](NC(=O)[C@@H]1C2NCC[C@H]2CN1C(=O)[C@@H](NC(=O)[C@@H](NC(=O)c1cccc(=O)[nH]1)C(C)(C)C)C(C)(C)C)C(=O)C(=O)NC1CC1. The first-order valence-corrected chi connectivity index (χ1v) is 16.9. The summed E-state index contributed by atoms with van der Waals surface area (Å²) in [5.41, 5.74) is -2.07. The van der Waals surface area contributed by atoms with Gasteiger partial charge in [-0.1, -0.05) is 61.0 Å². The summed E-state index contributed by atoms with van der Waals surface area (Å²) in [6, 6.07) is -0.426. The molecule has 1 aromatic rings. The summed E-state index contributed by atoms with van der Waals surface area (Å²) in [5, 5.41) is 14.4. The van der Waals surface area contributed by atoms with Crippen LogP contribution in [-0.2, 0) is 24.0 Å². The van der Waals surface area contributed by atoms with Gasteiger partial charge >= 0.3 is 0 Å². The first kappa shape index (κ1) is 36.8. The Morgan fingerprint density at radius 1 is 0.917 bits per heavy atom. The van der Waals surface area contributed by atoms with Gasteiger partial charge in [0, 0.05) is 24.7 Å². The van der Waals surface area contributed by atoms with E-state index in [9.17, 15) is 33.6 Å². The van der Waals surface area contributed by atoms with Gasteiger partial charge in [0.15, 0.2) is 0 Å². The van der Waals surface area contributed by atoms with Crippen LogP contribution >= 0.6 is 0 Å². The van der Waals surface area contributed by atoms with Gasteiger partial charge in [0.1, 0.15) is 23.8 Å². The van der Waals surface area contributed by atoms with Gasteiger partial charge in [0.2, 0.25) is 29.1 Å². The summed E-state index contributed by atoms with van der Waals surface area (Å²) < 4.78 is 0. The van der Waals surface area contributed by atoms with Gasteiger partial charge in [-0.15, -0.1) is 0 Å². The second-order valence-corrected chi connectivity index (χ2v) is 15.4. The van der Waals surface area contributed by atoms with Crippen molar-refractivity contribution in [2.75, 3.05) is 13.1 Å². The maximum Gasteiger partial charge on any atom is 0.289 e. The molecule has 1 aromatic heterocycles. The highest BCUT2D eigenvalue weighted by Crippen LogP contribution is 2.33. The summed E-state index contributed by atoms with van der Waals surface area (Å²) in [7, 11) is 0. The van der Waals surface area contributed by atoms with Gasteiger partial charge in [0.05, 0.1) is 6.04 Å². The van der Waals surface area contributed by atoms with E-state index in [1.807, 2.05) is 6.92 Å². The number of nitrogens with one attached hydrogen (secondary N) is 6. The predicted octanol–water partition coefficient (Wildman–Crippen LogP) is 0.372. The number of likely N-dealkylation sites (tertiary alicyclic amines) is 1. The van der Waals surface area contributed by atoms with Crippen LogP contribution in [0.25, 0.3) is 0 Å². The Hall–Kier alpha value is -4.07. The van der Waals surface area contributed by atoms with E-state index < -0.39 is 75.9 Å². The number of ketones is 1. The van der Waals surface area contributed by atoms with Crippen molar-refractivity contribution in [1.29, 1.82) is 0 Å². The molecule has 1 aliphatic carbocycles. The van der Waals surface area contributed by atoms with Crippen molar-refractivity contribution in [3.8, 4) is 0 Å². The van der Waals surface area contributed by atoms with Crippen molar-refractivity contribution in [3.05, 3.63) is 34.2 Å². The molecule has 14 nitrogen and oxygen atoms in total. The molecule has 2 saturated heterocycles. The molecule has 0 aromatic carbocycles. The van der Waals surface area contributed by atoms with E-state index in [0.717, 1.165) is 19.3 Å². The number of carbonyl (C=O) groups excluding carboxylic acids is 6. The zero-order valence-corrected chi connectivity index (χ0v) is 29.0. The first-order chi connectivity index (χ1) is 22.4. The maximum atomic E-state index is 14.5. The van der Waals surface area contributed by atoms with Crippen LogP contribution in [0, 0.1) is 16.7 Å². The number of aromatic amines is 1. The van der Waals surface area contributed by atoms with Gasteiger partial charge in [0.25, 0.3) is 11.8 Å². The number of Topliss-reactive ketones (excluding diaryl/α,β-unsaturated/α-hetero) is 1. The van der Waals surface area contributed by atoms with Crippen LogP contribution in [-0.4, -0.2) is 94.5 Å². The largest absolute Gasteiger partial charge is 0.347 e. The molecule has 0 radical (unpaired) electrons. The van der Waals surface area contributed by atoms with Crippen LogP contribution in [0.15, 0.2) is 23.0 Å². The third kappa shape index (κ3) is 8.69. The van der Waals surface area contributed by atoms with E-state index in [2.05, 4.69) is 31.6 Å². The highest BCUT2D eigenvalue weighted by molar-refractivity contribution is 6.38. The predicted molar refractivity (Wildman–Crippen MR) is 178 cm³/mol. The number of nitrogens with zero attached hydrogens (tertiary/aromatic N) is 1. The highest BCUT2D eigenvalue weighted by Gasteiger charge is 2.52. The fourth-order valence-corrected chi connectivity index (χ4v) is 6.41. The van der Waals surface area contributed by atoms with Crippen LogP contribution in [0.5, 0.6) is 0 Å². The quantitative estimate of drug-likeness (QED) is 0.172. The first-order valence-electron chi connectivity index (χ1n) is 16.9. The lowest BCUT2D eigenvalue weighted by Crippen LogP contribution is -2.64. The van der Waals surface area contributed by atoms with E-state index in [-0.39, 0.29) is 36.7 Å². The van der Waals surface area contributed by atoms with E-state index in [1.54, 1.807) is 41.5 Å². The smallest absolute Gasteiger partial charge is 0.289 e. The molecular weight excluding hydrogens is 618 g/mol. The van der Waals surface area contributed by atoms with Crippen LogP contribution < -0.4 is 32.1 Å². The molecule has 3 fully saturated rings. The zero-order chi connectivity index (χ0) is 35.6. The molecule has 5 amide bonds. The van der Waals surface area contributed by atoms with E-state index in [1.165, 1.54) is 23.1 Å². The average Bonchev–Trinajstić information content (AvgIpc) is 3.56. The van der Waals surface area contributed by atoms with Gasteiger partial charge < -0.3 is 36.5 Å². The Morgan fingerprint density at radius 3 is 2.17 bits per heavy atom. The Labute approximate surface area is 281 Å². The number of rotatable bonds is 12. The Kier molecular flexibility index (Phi) is 11.2. The normalized spacial score (nSPS) is 22.6. The Balaban J connectivity index is 1.56. The number of aromatic nitrogens is 1. The van der Waals surface area contributed by atoms with Crippen LogP contribution in [0.3, 0.4) is 0 Å². The number of amides is 5. The maximum absolute atomic E-state index is 14.5. The highest BCUT2D eigenvalue weighted by atomic mass is 16.2. The molecule has 14 heteroatoms. The van der Waals surface area contributed by atoms with E-state index >= 15 is 0 Å². The lowest BCUT2D eigenvalue weighted by atomic mass is 9.83. The van der Waals surface area contributed by atoms with E-state index in [4.69, 9.17) is 0 Å². The Morgan fingerprint density at radius 2 is 1.58 bits per heavy atom. The fourth-order valence-electron chi connectivity index (χ4n) is 6.41. The minimum atomic E-state index is -1.09. The molecule has 1 unspecified atom stereocenters. The number of hydrogen-bond acceptors (Lipinski definition) is 8. The summed E-state index contributed by atoms with van der Waals surface area (Å²) in [4.78, 5) is 96.8. The molecule has 6 atom stereocenters. The second kappa shape index (κ2) is 14.6. The van der Waals surface area contributed by atoms with Gasteiger partial charge in [-0.25, -0.2) is 0 Å². The number of carbonyl (C=O) groups is 6. The van der Waals surface area contributed by atoms with E-state index in [0.29, 0.717) is 13.0 Å². The molecule has 2 aliphatic heterocycles. The average molecular weight is 670 g/mol. The van der Waals surface area contributed by atoms with Gasteiger partial charge in [-0.05, 0) is 55.0 Å². The summed E-state index contributed by atoms with van der Waals surface area (Å²) >= 11 is 0. The van der Waals surface area contributed by atoms with Crippen molar-refractivity contribution in [2.45, 2.75) is 117 Å². The number of fused-ring (bicyclic) bond motifs is 1. The molecule has 1 saturated carbocycles. The Bertz CT molecular complexity index is 1470. The molecule has 0 spiro atoms. The monoisotopic (exact) mass is 669 g/mol. The van der Waals surface area contributed by atoms with Gasteiger partial charge in [-0.2, -0.15) is 0 Å². The standard InChI is InChI=1S/C34H51N7O7/c1-8-10-20(25(43)30(46)36-19-13-14-19)38-29(45)24-23-18(15-16-35-23)17-41(24)32(48)27(34(5,6)7)40-31(47)26(33(2,3)4)39-28(44)21-11-9-12-22(42)37-21/h9,11-12,18-20,23-24,26-27,35H,8,10,13-17H2,1-7H3,(H,36,46)(H,37,42)(H,38,45)(H,39,44)(H,40,47)/t18-,20-,23?,24-,26+,27+/m0/s1. The second-order valence-electron chi connectivity index (χ2n) is 15.4. The zero-order valence-electron chi connectivity index (χ0n) is 29.0. The molecule has 3 heterocycles. The van der Waals surface area contributed by atoms with Gasteiger partial charge in [-0.3, -0.25) is 33.6 Å². The number of hydrogen-bond donors (Lipinski definition) is 6. The lowest BCUT2D eigenvalue weighted by Gasteiger charge is -2.38. The van der Waals surface area contributed by atoms with Crippen molar-refractivity contribution < 1.29 is 28.8 Å². The number of pyridine rings is 1. The minimum absolute atomic E-state index is 0.0102. The van der Waals surface area contributed by atoms with Crippen LogP contribution in [0.2, 0.25) is 0 Å². The number of H-pyrrole nitrogens is 1. The molecule has 3 aliphatic rings. The summed E-state index contributed by atoms with van der Waals surface area (Å²) in [5.74, 6) is -3.71. The van der Waals surface area contributed by atoms with Crippen molar-refractivity contribution in [1.82, 2.24) is 36.5 Å². The molecule has 0 bridgehead atoms. The molecule has 6 N–H and O–H groups in total. The third-order valence-corrected chi connectivity index (χ3v) is 9.22. The summed E-state index contributed by atoms with van der Waals surface area (Å²) in [6.07, 6.45) is 3.20. The van der Waals surface area contributed by atoms with Crippen molar-refractivity contribution in [3.63, 3.8) is 0 Å². The molecular formula is C34H51N7O7. The van der Waals surface area contributed by atoms with Crippen LogP contribution in [0.1, 0.15) is 91.1 Å². The van der Waals surface area contributed by atoms with Crippen molar-refractivity contribution >= 4 is 35.3 Å². The summed E-state index contributed by atoms with van der Waals surface area (Å²) in [6.45, 7) is 13.5. The van der Waals surface area contributed by atoms with Crippen LogP contribution in [0.4, 0.5) is 0 Å².